The van der Waals surface area contributed by atoms with Gasteiger partial charge in [-0.15, -0.1) is 5.10 Å². The Kier molecular flexibility index (Phi) is 2.77. The van der Waals surface area contributed by atoms with Gasteiger partial charge in [0.05, 0.1) is 12.2 Å². The maximum atomic E-state index is 12.4. The van der Waals surface area contributed by atoms with E-state index in [4.69, 9.17) is 4.74 Å². The maximum Gasteiger partial charge on any atom is 0.329 e. The number of aromatic nitrogens is 2. The average molecular weight is 267 g/mol. The summed E-state index contributed by atoms with van der Waals surface area (Å²) in [6, 6.07) is -0.404. The lowest BCUT2D eigenvalue weighted by Crippen LogP contribution is -2.44. The SMILES string of the molecule is CCCc1nnsc1C(=O)N1C[C@@H]2C[C@@H]1C(=O)O2. The molecule has 0 spiro atoms. The van der Waals surface area contributed by atoms with Crippen molar-refractivity contribution in [3.63, 3.8) is 0 Å². The lowest BCUT2D eigenvalue weighted by atomic mass is 10.2. The van der Waals surface area contributed by atoms with Crippen LogP contribution in [0.25, 0.3) is 0 Å². The van der Waals surface area contributed by atoms with E-state index in [0.29, 0.717) is 17.8 Å². The Morgan fingerprint density at radius 3 is 3.11 bits per heavy atom. The average Bonchev–Trinajstić information content (AvgIpc) is 3.02. The fourth-order valence-electron chi connectivity index (χ4n) is 2.48. The number of hydrogen-bond acceptors (Lipinski definition) is 6. The normalized spacial score (nSPS) is 25.6. The van der Waals surface area contributed by atoms with Crippen LogP contribution in [0.5, 0.6) is 0 Å². The van der Waals surface area contributed by atoms with Crippen LogP contribution < -0.4 is 0 Å². The lowest BCUT2D eigenvalue weighted by Gasteiger charge is -2.25. The summed E-state index contributed by atoms with van der Waals surface area (Å²) in [5, 5.41) is 3.98. The van der Waals surface area contributed by atoms with Gasteiger partial charge >= 0.3 is 5.97 Å². The first-order chi connectivity index (χ1) is 8.70. The molecule has 1 amide bonds. The molecule has 6 nitrogen and oxygen atoms in total. The van der Waals surface area contributed by atoms with Crippen LogP contribution in [0.1, 0.15) is 35.1 Å². The minimum Gasteiger partial charge on any atom is -0.459 e. The van der Waals surface area contributed by atoms with Gasteiger partial charge < -0.3 is 9.64 Å². The van der Waals surface area contributed by atoms with Gasteiger partial charge in [-0.1, -0.05) is 17.8 Å². The smallest absolute Gasteiger partial charge is 0.329 e. The van der Waals surface area contributed by atoms with Crippen molar-refractivity contribution in [3.8, 4) is 0 Å². The summed E-state index contributed by atoms with van der Waals surface area (Å²) < 4.78 is 8.92. The summed E-state index contributed by atoms with van der Waals surface area (Å²) in [5.41, 5.74) is 0.739. The molecule has 96 valence electrons. The molecule has 3 rings (SSSR count). The van der Waals surface area contributed by atoms with E-state index >= 15 is 0 Å². The Hall–Kier alpha value is -1.50. The van der Waals surface area contributed by atoms with Crippen LogP contribution in [0.15, 0.2) is 0 Å². The number of carbonyl (C=O) groups is 2. The van der Waals surface area contributed by atoms with Crippen molar-refractivity contribution in [2.45, 2.75) is 38.3 Å². The molecule has 7 heteroatoms. The number of ether oxygens (including phenoxy) is 1. The summed E-state index contributed by atoms with van der Waals surface area (Å²) in [6.45, 7) is 2.53. The quantitative estimate of drug-likeness (QED) is 0.751. The van der Waals surface area contributed by atoms with Crippen LogP contribution in [0.2, 0.25) is 0 Å². The highest BCUT2D eigenvalue weighted by atomic mass is 32.1. The molecule has 2 aliphatic heterocycles. The van der Waals surface area contributed by atoms with Gasteiger partial charge in [0, 0.05) is 6.42 Å². The highest BCUT2D eigenvalue weighted by molar-refractivity contribution is 7.08. The number of morpholine rings is 1. The van der Waals surface area contributed by atoms with E-state index in [1.807, 2.05) is 6.92 Å². The maximum absolute atomic E-state index is 12.4. The Morgan fingerprint density at radius 1 is 1.61 bits per heavy atom. The van der Waals surface area contributed by atoms with E-state index in [2.05, 4.69) is 9.59 Å². The molecule has 2 aliphatic rings. The fraction of sp³-hybridized carbons (Fsp3) is 0.636. The van der Waals surface area contributed by atoms with Gasteiger partial charge in [0.15, 0.2) is 0 Å². The molecule has 18 heavy (non-hydrogen) atoms. The van der Waals surface area contributed by atoms with Gasteiger partial charge in [-0.05, 0) is 18.0 Å². The van der Waals surface area contributed by atoms with Crippen molar-refractivity contribution in [2.24, 2.45) is 0 Å². The number of fused-ring (bicyclic) bond motifs is 2. The first-order valence-electron chi connectivity index (χ1n) is 6.03. The standard InChI is InChI=1S/C11H13N3O3S/c1-2-3-7-9(18-13-12-7)10(15)14-5-6-4-8(14)11(16)17-6/h6,8H,2-5H2,1H3/t6-,8+/m0/s1. The van der Waals surface area contributed by atoms with E-state index in [1.165, 1.54) is 0 Å². The van der Waals surface area contributed by atoms with Crippen LogP contribution in [0.3, 0.4) is 0 Å². The van der Waals surface area contributed by atoms with Crippen LogP contribution in [0.4, 0.5) is 0 Å². The highest BCUT2D eigenvalue weighted by Gasteiger charge is 2.49. The zero-order valence-electron chi connectivity index (χ0n) is 9.96. The highest BCUT2D eigenvalue weighted by Crippen LogP contribution is 2.31. The fourth-order valence-corrected chi connectivity index (χ4v) is 3.14. The third-order valence-corrected chi connectivity index (χ3v) is 4.07. The van der Waals surface area contributed by atoms with E-state index in [-0.39, 0.29) is 18.0 Å². The number of carbonyl (C=O) groups excluding carboxylic acids is 2. The summed E-state index contributed by atoms with van der Waals surface area (Å²) >= 11 is 1.11. The number of likely N-dealkylation sites (tertiary alicyclic amines) is 1. The first-order valence-corrected chi connectivity index (χ1v) is 6.80. The Morgan fingerprint density at radius 2 is 2.44 bits per heavy atom. The molecule has 3 heterocycles. The number of aryl methyl sites for hydroxylation is 1. The van der Waals surface area contributed by atoms with Gasteiger partial charge in [-0.2, -0.15) is 0 Å². The zero-order valence-corrected chi connectivity index (χ0v) is 10.8. The van der Waals surface area contributed by atoms with Crippen LogP contribution in [0, 0.1) is 0 Å². The molecule has 1 aromatic rings. The van der Waals surface area contributed by atoms with E-state index in [9.17, 15) is 9.59 Å². The molecule has 2 bridgehead atoms. The molecule has 0 aliphatic carbocycles. The van der Waals surface area contributed by atoms with Crippen LogP contribution in [-0.2, 0) is 16.0 Å². The molecule has 2 saturated heterocycles. The Labute approximate surface area is 108 Å². The third kappa shape index (κ3) is 1.69. The lowest BCUT2D eigenvalue weighted by molar-refractivity contribution is -0.149. The second-order valence-electron chi connectivity index (χ2n) is 4.57. The largest absolute Gasteiger partial charge is 0.459 e. The molecule has 2 atom stereocenters. The topological polar surface area (TPSA) is 72.4 Å². The molecule has 2 fully saturated rings. The first kappa shape index (κ1) is 11.6. The Bertz CT molecular complexity index is 501. The number of amides is 1. The molecule has 1 aromatic heterocycles. The van der Waals surface area contributed by atoms with Crippen LogP contribution >= 0.6 is 11.5 Å². The van der Waals surface area contributed by atoms with Gasteiger partial charge in [0.1, 0.15) is 17.0 Å². The van der Waals surface area contributed by atoms with Crippen molar-refractivity contribution in [1.82, 2.24) is 14.5 Å². The minimum atomic E-state index is -0.404. The van der Waals surface area contributed by atoms with Crippen molar-refractivity contribution in [1.29, 1.82) is 0 Å². The predicted molar refractivity (Wildman–Crippen MR) is 63.2 cm³/mol. The van der Waals surface area contributed by atoms with Crippen molar-refractivity contribution in [3.05, 3.63) is 10.6 Å². The zero-order chi connectivity index (χ0) is 12.7. The minimum absolute atomic E-state index is 0.123. The van der Waals surface area contributed by atoms with Crippen molar-refractivity contribution < 1.29 is 14.3 Å². The predicted octanol–water partition coefficient (Wildman–Crippen LogP) is 0.631. The second kappa shape index (κ2) is 4.31. The summed E-state index contributed by atoms with van der Waals surface area (Å²) in [7, 11) is 0. The van der Waals surface area contributed by atoms with E-state index < -0.39 is 6.04 Å². The second-order valence-corrected chi connectivity index (χ2v) is 5.32. The molecule has 0 N–H and O–H groups in total. The molecule has 0 aromatic carbocycles. The van der Waals surface area contributed by atoms with Gasteiger partial charge in [-0.3, -0.25) is 4.79 Å². The Balaban J connectivity index is 1.83. The van der Waals surface area contributed by atoms with Crippen molar-refractivity contribution in [2.75, 3.05) is 6.54 Å². The van der Waals surface area contributed by atoms with Gasteiger partial charge in [0.2, 0.25) is 0 Å². The number of esters is 1. The monoisotopic (exact) mass is 267 g/mol. The molecular weight excluding hydrogens is 254 g/mol. The van der Waals surface area contributed by atoms with Crippen molar-refractivity contribution >= 4 is 23.4 Å². The summed E-state index contributed by atoms with van der Waals surface area (Å²) in [4.78, 5) is 26.0. The van der Waals surface area contributed by atoms with Crippen LogP contribution in [-0.4, -0.2) is 45.1 Å². The molecular formula is C11H13N3O3S. The third-order valence-electron chi connectivity index (χ3n) is 3.32. The molecule has 0 unspecified atom stereocenters. The molecule has 0 saturated carbocycles. The number of hydrogen-bond donors (Lipinski definition) is 0. The van der Waals surface area contributed by atoms with E-state index in [0.717, 1.165) is 30.1 Å². The summed E-state index contributed by atoms with van der Waals surface area (Å²) in [5.74, 6) is -0.410. The van der Waals surface area contributed by atoms with E-state index in [1.54, 1.807) is 4.90 Å². The number of rotatable bonds is 3. The van der Waals surface area contributed by atoms with Gasteiger partial charge in [-0.25, -0.2) is 4.79 Å². The number of nitrogens with zero attached hydrogens (tertiary/aromatic N) is 3. The molecule has 0 radical (unpaired) electrons. The summed E-state index contributed by atoms with van der Waals surface area (Å²) in [6.07, 6.45) is 2.16. The van der Waals surface area contributed by atoms with Gasteiger partial charge in [0.25, 0.3) is 5.91 Å².